The molecule has 0 aromatic heterocycles. The first-order valence-corrected chi connectivity index (χ1v) is 6.80. The van der Waals surface area contributed by atoms with Gasteiger partial charge in [-0.3, -0.25) is 0 Å². The van der Waals surface area contributed by atoms with E-state index in [2.05, 4.69) is 36.5 Å². The van der Waals surface area contributed by atoms with Crippen molar-refractivity contribution in [3.05, 3.63) is 35.4 Å². The zero-order valence-electron chi connectivity index (χ0n) is 10.7. The number of hydrogen-bond acceptors (Lipinski definition) is 2. The Morgan fingerprint density at radius 2 is 2.18 bits per heavy atom. The van der Waals surface area contributed by atoms with Crippen molar-refractivity contribution in [1.29, 1.82) is 0 Å². The van der Waals surface area contributed by atoms with Crippen LogP contribution in [0.15, 0.2) is 24.3 Å². The second-order valence-electron chi connectivity index (χ2n) is 4.95. The molecule has 0 saturated carbocycles. The van der Waals surface area contributed by atoms with Gasteiger partial charge in [0.15, 0.2) is 0 Å². The molecule has 0 heterocycles. The molecule has 1 aromatic rings. The molecule has 2 rings (SSSR count). The van der Waals surface area contributed by atoms with Crippen LogP contribution in [-0.4, -0.2) is 17.8 Å². The normalized spacial score (nSPS) is 21.6. The first-order valence-electron chi connectivity index (χ1n) is 6.80. The summed E-state index contributed by atoms with van der Waals surface area (Å²) in [4.78, 5) is 0. The van der Waals surface area contributed by atoms with E-state index in [1.165, 1.54) is 36.8 Å². The molecule has 17 heavy (non-hydrogen) atoms. The maximum Gasteiger partial charge on any atom is 0.0584 e. The summed E-state index contributed by atoms with van der Waals surface area (Å²) in [5.41, 5.74) is 2.92. The molecule has 1 unspecified atom stereocenters. The Morgan fingerprint density at radius 3 is 2.94 bits per heavy atom. The van der Waals surface area contributed by atoms with Crippen molar-refractivity contribution in [3.63, 3.8) is 0 Å². The summed E-state index contributed by atoms with van der Waals surface area (Å²) in [6.45, 7) is 2.35. The second kappa shape index (κ2) is 6.18. The van der Waals surface area contributed by atoms with Gasteiger partial charge in [-0.15, -0.1) is 0 Å². The van der Waals surface area contributed by atoms with Gasteiger partial charge in [0, 0.05) is 12.1 Å². The lowest BCUT2D eigenvalue weighted by molar-refractivity contribution is 0.225. The molecule has 0 bridgehead atoms. The minimum Gasteiger partial charge on any atom is -0.395 e. The van der Waals surface area contributed by atoms with E-state index < -0.39 is 0 Å². The predicted octanol–water partition coefficient (Wildman–Crippen LogP) is 2.81. The Labute approximate surface area is 104 Å². The first-order chi connectivity index (χ1) is 8.35. The summed E-state index contributed by atoms with van der Waals surface area (Å²) in [5.74, 6) is 0. The fourth-order valence-corrected chi connectivity index (χ4v) is 2.68. The monoisotopic (exact) mass is 233 g/mol. The summed E-state index contributed by atoms with van der Waals surface area (Å²) in [5, 5.41) is 12.9. The molecule has 2 atom stereocenters. The minimum absolute atomic E-state index is 0.228. The zero-order valence-corrected chi connectivity index (χ0v) is 10.7. The van der Waals surface area contributed by atoms with Gasteiger partial charge in [0.2, 0.25) is 0 Å². The van der Waals surface area contributed by atoms with Gasteiger partial charge in [-0.2, -0.15) is 0 Å². The topological polar surface area (TPSA) is 32.3 Å². The highest BCUT2D eigenvalue weighted by atomic mass is 16.3. The number of fused-ring (bicyclic) bond motifs is 1. The molecular formula is C15H23NO. The Bertz CT molecular complexity index is 347. The molecule has 0 amide bonds. The van der Waals surface area contributed by atoms with E-state index in [-0.39, 0.29) is 12.6 Å². The maximum absolute atomic E-state index is 9.31. The van der Waals surface area contributed by atoms with Crippen LogP contribution in [0, 0.1) is 0 Å². The van der Waals surface area contributed by atoms with Crippen LogP contribution in [0.5, 0.6) is 0 Å². The van der Waals surface area contributed by atoms with Crippen molar-refractivity contribution >= 4 is 0 Å². The highest BCUT2D eigenvalue weighted by molar-refractivity contribution is 5.31. The molecule has 0 fully saturated rings. The maximum atomic E-state index is 9.31. The standard InChI is InChI=1S/C15H23NO/c1-2-13(11-17)16-15-10-6-4-8-12-7-3-5-9-14(12)15/h3,5,7,9,13,15-17H,2,4,6,8,10-11H2,1H3/t13-,15?/m0/s1. The fourth-order valence-electron chi connectivity index (χ4n) is 2.68. The van der Waals surface area contributed by atoms with Gasteiger partial charge in [0.05, 0.1) is 6.61 Å². The van der Waals surface area contributed by atoms with Gasteiger partial charge in [-0.1, -0.05) is 37.6 Å². The zero-order chi connectivity index (χ0) is 12.1. The molecule has 1 aromatic carbocycles. The highest BCUT2D eigenvalue weighted by Crippen LogP contribution is 2.28. The van der Waals surface area contributed by atoms with Gasteiger partial charge >= 0.3 is 0 Å². The first kappa shape index (κ1) is 12.6. The highest BCUT2D eigenvalue weighted by Gasteiger charge is 2.20. The summed E-state index contributed by atoms with van der Waals surface area (Å²) in [6.07, 6.45) is 5.92. The molecule has 0 radical (unpaired) electrons. The van der Waals surface area contributed by atoms with Gasteiger partial charge in [-0.25, -0.2) is 0 Å². The summed E-state index contributed by atoms with van der Waals surface area (Å²) < 4.78 is 0. The number of aliphatic hydroxyl groups excluding tert-OH is 1. The summed E-state index contributed by atoms with van der Waals surface area (Å²) in [7, 11) is 0. The molecule has 2 N–H and O–H groups in total. The Morgan fingerprint density at radius 1 is 1.35 bits per heavy atom. The molecular weight excluding hydrogens is 210 g/mol. The lowest BCUT2D eigenvalue weighted by atomic mass is 9.98. The second-order valence-corrected chi connectivity index (χ2v) is 4.95. The smallest absolute Gasteiger partial charge is 0.0584 e. The van der Waals surface area contributed by atoms with Crippen molar-refractivity contribution in [2.24, 2.45) is 0 Å². The average Bonchev–Trinajstić information content (AvgIpc) is 2.58. The SMILES string of the molecule is CC[C@@H](CO)NC1CCCCc2ccccc21. The molecule has 0 saturated heterocycles. The van der Waals surface area contributed by atoms with Crippen LogP contribution in [0.1, 0.15) is 49.8 Å². The number of nitrogens with one attached hydrogen (secondary N) is 1. The molecule has 2 nitrogen and oxygen atoms in total. The average molecular weight is 233 g/mol. The Balaban J connectivity index is 2.16. The van der Waals surface area contributed by atoms with E-state index >= 15 is 0 Å². The van der Waals surface area contributed by atoms with Crippen LogP contribution < -0.4 is 5.32 Å². The Kier molecular flexibility index (Phi) is 4.57. The van der Waals surface area contributed by atoms with E-state index in [0.717, 1.165) is 6.42 Å². The quantitative estimate of drug-likeness (QED) is 0.784. The van der Waals surface area contributed by atoms with Gasteiger partial charge in [0.1, 0.15) is 0 Å². The van der Waals surface area contributed by atoms with Gasteiger partial charge in [0.25, 0.3) is 0 Å². The lowest BCUT2D eigenvalue weighted by Gasteiger charge is -2.24. The summed E-state index contributed by atoms with van der Waals surface area (Å²) >= 11 is 0. The van der Waals surface area contributed by atoms with Crippen molar-refractivity contribution < 1.29 is 5.11 Å². The van der Waals surface area contributed by atoms with Gasteiger partial charge < -0.3 is 10.4 Å². The molecule has 0 spiro atoms. The van der Waals surface area contributed by atoms with Gasteiger partial charge in [-0.05, 0) is 36.8 Å². The van der Waals surface area contributed by atoms with E-state index in [1.807, 2.05) is 0 Å². The summed E-state index contributed by atoms with van der Waals surface area (Å²) in [6, 6.07) is 9.39. The predicted molar refractivity (Wildman–Crippen MR) is 71.0 cm³/mol. The molecule has 1 aliphatic carbocycles. The van der Waals surface area contributed by atoms with Crippen LogP contribution in [0.3, 0.4) is 0 Å². The Hall–Kier alpha value is -0.860. The van der Waals surface area contributed by atoms with Crippen molar-refractivity contribution in [2.75, 3.05) is 6.61 Å². The number of aliphatic hydroxyl groups is 1. The third-order valence-corrected chi connectivity index (χ3v) is 3.77. The van der Waals surface area contributed by atoms with Crippen LogP contribution in [0.2, 0.25) is 0 Å². The number of rotatable bonds is 4. The van der Waals surface area contributed by atoms with Crippen molar-refractivity contribution in [3.8, 4) is 0 Å². The molecule has 1 aliphatic rings. The lowest BCUT2D eigenvalue weighted by Crippen LogP contribution is -2.35. The number of hydrogen-bond donors (Lipinski definition) is 2. The largest absolute Gasteiger partial charge is 0.395 e. The third kappa shape index (κ3) is 3.08. The van der Waals surface area contributed by atoms with Crippen LogP contribution >= 0.6 is 0 Å². The van der Waals surface area contributed by atoms with E-state index in [0.29, 0.717) is 6.04 Å². The van der Waals surface area contributed by atoms with Crippen LogP contribution in [-0.2, 0) is 6.42 Å². The van der Waals surface area contributed by atoms with Crippen molar-refractivity contribution in [2.45, 2.75) is 51.1 Å². The third-order valence-electron chi connectivity index (χ3n) is 3.77. The molecule has 94 valence electrons. The van der Waals surface area contributed by atoms with Crippen LogP contribution in [0.25, 0.3) is 0 Å². The molecule has 2 heteroatoms. The van der Waals surface area contributed by atoms with E-state index in [4.69, 9.17) is 0 Å². The molecule has 0 aliphatic heterocycles. The number of benzene rings is 1. The fraction of sp³-hybridized carbons (Fsp3) is 0.600. The van der Waals surface area contributed by atoms with E-state index in [9.17, 15) is 5.11 Å². The van der Waals surface area contributed by atoms with Crippen LogP contribution in [0.4, 0.5) is 0 Å². The van der Waals surface area contributed by atoms with Crippen molar-refractivity contribution in [1.82, 2.24) is 5.32 Å². The van der Waals surface area contributed by atoms with E-state index in [1.54, 1.807) is 0 Å². The number of aryl methyl sites for hydroxylation is 1. The minimum atomic E-state index is 0.228.